The highest BCUT2D eigenvalue weighted by atomic mass is 16.8. The second-order valence-corrected chi connectivity index (χ2v) is 8.11. The molecule has 1 amide bonds. The Morgan fingerprint density at radius 1 is 0.944 bits per heavy atom. The van der Waals surface area contributed by atoms with Crippen LogP contribution in [0.25, 0.3) is 11.1 Å². The van der Waals surface area contributed by atoms with Crippen molar-refractivity contribution in [3.05, 3.63) is 88.3 Å². The molecule has 0 saturated carbocycles. The average molecular weight is 496 g/mol. The summed E-state index contributed by atoms with van der Waals surface area (Å²) in [7, 11) is 0. The minimum Gasteiger partial charge on any atom is -0.595 e. The molecular formula is C24H24N4O8. The van der Waals surface area contributed by atoms with Crippen LogP contribution in [-0.4, -0.2) is 46.8 Å². The predicted molar refractivity (Wildman–Crippen MR) is 126 cm³/mol. The minimum atomic E-state index is -1.44. The Morgan fingerprint density at radius 3 is 2.11 bits per heavy atom. The zero-order valence-corrected chi connectivity index (χ0v) is 18.8. The molecule has 0 aliphatic heterocycles. The Hall–Kier alpha value is -4.04. The van der Waals surface area contributed by atoms with Crippen LogP contribution in [0.1, 0.15) is 17.0 Å². The number of benzene rings is 3. The lowest BCUT2D eigenvalue weighted by Gasteiger charge is -2.21. The number of fused-ring (bicyclic) bond motifs is 3. The Morgan fingerprint density at radius 2 is 1.56 bits per heavy atom. The summed E-state index contributed by atoms with van der Waals surface area (Å²) in [6.07, 6.45) is -0.939. The van der Waals surface area contributed by atoms with E-state index in [-0.39, 0.29) is 36.1 Å². The third-order valence-corrected chi connectivity index (χ3v) is 5.93. The molecule has 1 aliphatic rings. The molecule has 0 aromatic heterocycles. The lowest BCUT2D eigenvalue weighted by atomic mass is 9.98. The fourth-order valence-electron chi connectivity index (χ4n) is 4.20. The molecule has 3 aromatic rings. The molecule has 7 N–H and O–H groups in total. The molecule has 12 nitrogen and oxygen atoms in total. The second kappa shape index (κ2) is 10.7. The summed E-state index contributed by atoms with van der Waals surface area (Å²) in [4.78, 5) is 24.2. The molecule has 36 heavy (non-hydrogen) atoms. The lowest BCUT2D eigenvalue weighted by molar-refractivity contribution is -0.996. The van der Waals surface area contributed by atoms with Gasteiger partial charge in [0.05, 0.1) is 6.07 Å². The number of ether oxygens (including phenoxy) is 1. The van der Waals surface area contributed by atoms with Gasteiger partial charge < -0.3 is 30.9 Å². The number of amides is 1. The average Bonchev–Trinajstić information content (AvgIpc) is 3.18. The Balaban J connectivity index is 1.40. The van der Waals surface area contributed by atoms with Gasteiger partial charge in [-0.2, -0.15) is 10.5 Å². The highest BCUT2D eigenvalue weighted by Crippen LogP contribution is 2.44. The SMILES string of the molecule is O=C(NC(CNc1ccc([NH+]([O-])O)cc1[NH+]([O-])O)C(=O)O)OCC1c2ccccc2-c2ccccc21. The van der Waals surface area contributed by atoms with Crippen molar-refractivity contribution in [2.24, 2.45) is 0 Å². The van der Waals surface area contributed by atoms with E-state index in [1.165, 1.54) is 12.1 Å². The zero-order chi connectivity index (χ0) is 25.8. The van der Waals surface area contributed by atoms with Crippen molar-refractivity contribution < 1.29 is 40.3 Å². The van der Waals surface area contributed by atoms with Crippen LogP contribution in [0, 0.1) is 10.4 Å². The van der Waals surface area contributed by atoms with Gasteiger partial charge in [0.1, 0.15) is 18.3 Å². The van der Waals surface area contributed by atoms with Crippen LogP contribution in [0.5, 0.6) is 0 Å². The second-order valence-electron chi connectivity index (χ2n) is 8.11. The van der Waals surface area contributed by atoms with Gasteiger partial charge in [0.15, 0.2) is 11.4 Å². The van der Waals surface area contributed by atoms with Gasteiger partial charge in [-0.1, -0.05) is 48.5 Å². The van der Waals surface area contributed by atoms with Gasteiger partial charge in [-0.25, -0.2) is 20.0 Å². The molecule has 0 heterocycles. The Labute approximate surface area is 205 Å². The molecule has 0 bridgehead atoms. The standard InChI is InChI=1S/C24H24N4O8/c29-23(30)21(12-25-20-10-9-14(27(32)33)11-22(20)28(34)35)26-24(31)36-13-19-17-7-3-1-5-15(17)16-6-2-4-8-18(16)19/h1-11,19,21,25,27-28,32,34H,12-13H2,(H,26,31)(H,29,30). The van der Waals surface area contributed by atoms with E-state index in [4.69, 9.17) is 9.94 Å². The van der Waals surface area contributed by atoms with Crippen LogP contribution in [-0.2, 0) is 9.53 Å². The van der Waals surface area contributed by atoms with Gasteiger partial charge in [0.25, 0.3) is 0 Å². The first-order chi connectivity index (χ1) is 17.3. The molecule has 0 fully saturated rings. The lowest BCUT2D eigenvalue weighted by Crippen LogP contribution is -3.00. The summed E-state index contributed by atoms with van der Waals surface area (Å²) in [6, 6.07) is 17.5. The monoisotopic (exact) mass is 496 g/mol. The van der Waals surface area contributed by atoms with Crippen molar-refractivity contribution in [2.75, 3.05) is 18.5 Å². The van der Waals surface area contributed by atoms with Crippen molar-refractivity contribution in [1.29, 1.82) is 0 Å². The maximum Gasteiger partial charge on any atom is 0.407 e. The largest absolute Gasteiger partial charge is 0.595 e. The molecule has 3 atom stereocenters. The summed E-state index contributed by atoms with van der Waals surface area (Å²) in [5.74, 6) is -1.56. The topological polar surface area (TPSA) is 183 Å². The summed E-state index contributed by atoms with van der Waals surface area (Å²) in [5, 5.41) is 52.8. The summed E-state index contributed by atoms with van der Waals surface area (Å²) in [6.45, 7) is -0.369. The highest BCUT2D eigenvalue weighted by molar-refractivity contribution is 5.81. The molecule has 188 valence electrons. The number of rotatable bonds is 9. The van der Waals surface area contributed by atoms with Crippen molar-refractivity contribution >= 4 is 29.1 Å². The van der Waals surface area contributed by atoms with Gasteiger partial charge in [-0.15, -0.1) is 0 Å². The number of hydrogen-bond acceptors (Lipinski definition) is 8. The van der Waals surface area contributed by atoms with E-state index in [1.807, 2.05) is 48.5 Å². The number of alkyl carbamates (subject to hydrolysis) is 1. The van der Waals surface area contributed by atoms with Gasteiger partial charge in [0, 0.05) is 18.5 Å². The fourth-order valence-corrected chi connectivity index (χ4v) is 4.20. The maximum absolute atomic E-state index is 12.5. The number of carboxylic acid groups (broad SMARTS) is 1. The predicted octanol–water partition coefficient (Wildman–Crippen LogP) is 0.897. The summed E-state index contributed by atoms with van der Waals surface area (Å²) >= 11 is 0. The number of carbonyl (C=O) groups excluding carboxylic acids is 1. The third-order valence-electron chi connectivity index (χ3n) is 5.93. The van der Waals surface area contributed by atoms with E-state index >= 15 is 0 Å². The molecule has 0 saturated heterocycles. The van der Waals surface area contributed by atoms with E-state index in [0.29, 0.717) is 0 Å². The van der Waals surface area contributed by atoms with Crippen molar-refractivity contribution in [2.45, 2.75) is 12.0 Å². The first kappa shape index (κ1) is 25.1. The molecular weight excluding hydrogens is 472 g/mol. The van der Waals surface area contributed by atoms with Crippen LogP contribution in [0.15, 0.2) is 66.7 Å². The highest BCUT2D eigenvalue weighted by Gasteiger charge is 2.30. The normalized spacial score (nSPS) is 14.8. The number of carboxylic acids is 1. The van der Waals surface area contributed by atoms with E-state index < -0.39 is 28.6 Å². The number of carbonyl (C=O) groups is 2. The molecule has 4 rings (SSSR count). The van der Waals surface area contributed by atoms with Gasteiger partial charge in [-0.3, -0.25) is 0 Å². The van der Waals surface area contributed by atoms with Crippen molar-refractivity contribution in [3.8, 4) is 11.1 Å². The molecule has 0 spiro atoms. The van der Waals surface area contributed by atoms with Gasteiger partial charge >= 0.3 is 12.1 Å². The van der Waals surface area contributed by atoms with E-state index in [1.54, 1.807) is 0 Å². The van der Waals surface area contributed by atoms with Crippen molar-refractivity contribution in [1.82, 2.24) is 5.32 Å². The molecule has 3 aromatic carbocycles. The Bertz CT molecular complexity index is 1220. The third kappa shape index (κ3) is 5.28. The van der Waals surface area contributed by atoms with Crippen molar-refractivity contribution in [3.63, 3.8) is 0 Å². The van der Waals surface area contributed by atoms with Crippen LogP contribution in [0.3, 0.4) is 0 Å². The number of nitrogens with one attached hydrogen (secondary N) is 4. The maximum atomic E-state index is 12.5. The number of anilines is 1. The van der Waals surface area contributed by atoms with Crippen LogP contribution >= 0.6 is 0 Å². The zero-order valence-electron chi connectivity index (χ0n) is 18.8. The first-order valence-electron chi connectivity index (χ1n) is 10.9. The quantitative estimate of drug-likeness (QED) is 0.212. The summed E-state index contributed by atoms with van der Waals surface area (Å²) in [5.41, 5.74) is 3.55. The fraction of sp³-hybridized carbons (Fsp3) is 0.167. The molecule has 3 unspecified atom stereocenters. The van der Waals surface area contributed by atoms with Gasteiger partial charge in [-0.05, 0) is 28.3 Å². The van der Waals surface area contributed by atoms with E-state index in [9.17, 15) is 30.3 Å². The Kier molecular flexibility index (Phi) is 7.45. The number of hydrogen-bond donors (Lipinski definition) is 7. The van der Waals surface area contributed by atoms with E-state index in [0.717, 1.165) is 28.3 Å². The van der Waals surface area contributed by atoms with Gasteiger partial charge in [0.2, 0.25) is 0 Å². The van der Waals surface area contributed by atoms with Crippen LogP contribution in [0.2, 0.25) is 0 Å². The van der Waals surface area contributed by atoms with E-state index in [2.05, 4.69) is 10.6 Å². The molecule has 1 aliphatic carbocycles. The minimum absolute atomic E-state index is 0.000555. The van der Waals surface area contributed by atoms with Crippen LogP contribution in [0.4, 0.5) is 21.9 Å². The molecule has 12 heteroatoms. The first-order valence-corrected chi connectivity index (χ1v) is 10.9. The smallest absolute Gasteiger partial charge is 0.407 e. The van der Waals surface area contributed by atoms with Crippen LogP contribution < -0.4 is 21.1 Å². The molecule has 0 radical (unpaired) electrons. The number of aliphatic carboxylic acids is 1. The number of quaternary nitrogens is 2. The summed E-state index contributed by atoms with van der Waals surface area (Å²) < 4.78 is 5.38.